The van der Waals surface area contributed by atoms with E-state index < -0.39 is 36.3 Å². The minimum Gasteiger partial charge on any atom is -0.310 e. The summed E-state index contributed by atoms with van der Waals surface area (Å²) in [7, 11) is 0. The molecule has 0 aliphatic carbocycles. The van der Waals surface area contributed by atoms with E-state index in [1.807, 2.05) is 127 Å². The van der Waals surface area contributed by atoms with Gasteiger partial charge in [0.1, 0.15) is 0 Å². The zero-order chi connectivity index (χ0) is 39.9. The largest absolute Gasteiger partial charge is 0.310 e. The first-order valence-electron chi connectivity index (χ1n) is 20.2. The van der Waals surface area contributed by atoms with Crippen LogP contribution in [0.1, 0.15) is 13.7 Å². The molecule has 1 heterocycles. The minimum absolute atomic E-state index is 0.0148. The summed E-state index contributed by atoms with van der Waals surface area (Å²) in [6.45, 7) is 0. The molecule has 9 rings (SSSR count). The topological polar surface area (TPSA) is 11.4 Å². The van der Waals surface area contributed by atoms with Crippen molar-refractivity contribution in [1.29, 1.82) is 0 Å². The lowest BCUT2D eigenvalue weighted by atomic mass is 10.00. The Balaban J connectivity index is 1.39. The molecule has 3 heteroatoms. The highest BCUT2D eigenvalue weighted by Crippen LogP contribution is 2.46. The first kappa shape index (κ1) is 18.6. The summed E-state index contributed by atoms with van der Waals surface area (Å²) < 4.78 is 88.7. The van der Waals surface area contributed by atoms with Crippen molar-refractivity contribution < 1.29 is 13.7 Å². The number of hydrogen-bond donors (Lipinski definition) is 0. The summed E-state index contributed by atoms with van der Waals surface area (Å²) >= 11 is 0. The molecule has 0 atom stereocenters. The molecule has 47 heavy (non-hydrogen) atoms. The van der Waals surface area contributed by atoms with Crippen molar-refractivity contribution in [1.82, 2.24) is 4.57 Å². The van der Waals surface area contributed by atoms with Crippen LogP contribution in [0.5, 0.6) is 0 Å². The fourth-order valence-corrected chi connectivity index (χ4v) is 6.53. The van der Waals surface area contributed by atoms with E-state index in [0.717, 1.165) is 38.3 Å². The summed E-state index contributed by atoms with van der Waals surface area (Å²) in [5.74, 6) is 0. The summed E-state index contributed by atoms with van der Waals surface area (Å²) in [5, 5.41) is 3.57. The van der Waals surface area contributed by atoms with Crippen LogP contribution in [0.4, 0.5) is 34.1 Å². The molecular formula is C44H31N3. The fourth-order valence-electron chi connectivity index (χ4n) is 6.53. The maximum Gasteiger partial charge on any atom is 0.0645 e. The number of nitrogens with zero attached hydrogens (tertiary/aromatic N) is 3. The van der Waals surface area contributed by atoms with Gasteiger partial charge < -0.3 is 14.4 Å². The molecule has 0 fully saturated rings. The Labute approximate surface area is 288 Å². The average molecular weight is 612 g/mol. The second-order valence-electron chi connectivity index (χ2n) is 11.2. The number of para-hydroxylation sites is 5. The number of benzene rings is 8. The first-order valence-corrected chi connectivity index (χ1v) is 15.2. The SMILES string of the molecule is [2H]c1c([2H])c([2H])c(N(c2ccccc2)c2cc3ccc4cc(N(c5ccccc5)c5c([2H])c([2H])c([2H])c([2H])c5[2H])cc5c4c3c(c2)n5-c2ccccc2)c([2H])c1[2H]. The van der Waals surface area contributed by atoms with Crippen LogP contribution in [0.3, 0.4) is 0 Å². The van der Waals surface area contributed by atoms with Gasteiger partial charge in [-0.05, 0) is 95.6 Å². The third kappa shape index (κ3) is 4.60. The molecule has 9 aromatic rings. The molecule has 1 aromatic heterocycles. The van der Waals surface area contributed by atoms with Crippen LogP contribution >= 0.6 is 0 Å². The van der Waals surface area contributed by atoms with Gasteiger partial charge in [0.05, 0.1) is 24.7 Å². The Bertz CT molecular complexity index is 2780. The molecule has 0 aliphatic heterocycles. The third-order valence-electron chi connectivity index (χ3n) is 8.42. The molecule has 0 aliphatic rings. The lowest BCUT2D eigenvalue weighted by Gasteiger charge is -2.26. The Hall–Kier alpha value is -6.32. The van der Waals surface area contributed by atoms with Crippen LogP contribution in [0.15, 0.2) is 188 Å². The van der Waals surface area contributed by atoms with Crippen LogP contribution in [0.2, 0.25) is 0 Å². The summed E-state index contributed by atoms with van der Waals surface area (Å²) in [4.78, 5) is 3.40. The van der Waals surface area contributed by atoms with Crippen molar-refractivity contribution in [2.24, 2.45) is 0 Å². The van der Waals surface area contributed by atoms with E-state index in [0.29, 0.717) is 22.7 Å². The number of anilines is 6. The van der Waals surface area contributed by atoms with Gasteiger partial charge in [0, 0.05) is 50.6 Å². The highest BCUT2D eigenvalue weighted by molar-refractivity contribution is 6.26. The van der Waals surface area contributed by atoms with Crippen molar-refractivity contribution in [3.63, 3.8) is 0 Å². The maximum atomic E-state index is 8.98. The van der Waals surface area contributed by atoms with Crippen LogP contribution in [-0.4, -0.2) is 4.57 Å². The van der Waals surface area contributed by atoms with Crippen molar-refractivity contribution in [2.75, 3.05) is 9.80 Å². The van der Waals surface area contributed by atoms with Gasteiger partial charge in [0.15, 0.2) is 0 Å². The van der Waals surface area contributed by atoms with E-state index in [1.54, 1.807) is 9.80 Å². The Morgan fingerprint density at radius 2 is 0.787 bits per heavy atom. The van der Waals surface area contributed by atoms with Gasteiger partial charge in [0.2, 0.25) is 0 Å². The molecule has 3 nitrogen and oxygen atoms in total. The number of hydrogen-bond acceptors (Lipinski definition) is 2. The second kappa shape index (κ2) is 11.2. The summed E-state index contributed by atoms with van der Waals surface area (Å²) in [6, 6.07) is 35.9. The molecule has 0 amide bonds. The quantitative estimate of drug-likeness (QED) is 0.166. The molecule has 0 radical (unpaired) electrons. The van der Waals surface area contributed by atoms with E-state index in [9.17, 15) is 0 Å². The van der Waals surface area contributed by atoms with Gasteiger partial charge in [-0.3, -0.25) is 0 Å². The molecule has 0 N–H and O–H groups in total. The van der Waals surface area contributed by atoms with Gasteiger partial charge in [0.25, 0.3) is 0 Å². The van der Waals surface area contributed by atoms with Crippen LogP contribution in [-0.2, 0) is 0 Å². The van der Waals surface area contributed by atoms with Gasteiger partial charge >= 0.3 is 0 Å². The zero-order valence-electron chi connectivity index (χ0n) is 35.0. The lowest BCUT2D eigenvalue weighted by Crippen LogP contribution is -2.10. The minimum atomic E-state index is -0.476. The van der Waals surface area contributed by atoms with Crippen molar-refractivity contribution in [3.05, 3.63) is 188 Å². The Morgan fingerprint density at radius 1 is 0.383 bits per heavy atom. The molecular weight excluding hydrogens is 571 g/mol. The zero-order valence-corrected chi connectivity index (χ0v) is 25.0. The maximum absolute atomic E-state index is 8.98. The van der Waals surface area contributed by atoms with Gasteiger partial charge in [-0.1, -0.05) is 103 Å². The molecule has 0 saturated carbocycles. The van der Waals surface area contributed by atoms with E-state index >= 15 is 0 Å². The molecule has 0 bridgehead atoms. The Morgan fingerprint density at radius 3 is 1.21 bits per heavy atom. The normalized spacial score (nSPS) is 14.4. The molecule has 222 valence electrons. The monoisotopic (exact) mass is 611 g/mol. The molecule has 8 aromatic carbocycles. The highest BCUT2D eigenvalue weighted by Gasteiger charge is 2.23. The second-order valence-corrected chi connectivity index (χ2v) is 11.2. The standard InChI is InChI=1S/C44H31N3/c1-6-16-34(17-7-1)45(35-18-8-2-9-19-35)39-28-32-26-27-33-29-40(46(36-20-10-3-11-21-36)37-22-12-4-13-23-37)31-42-44(33)43(32)41(30-39)47(42)38-24-14-5-15-25-38/h1-31H/i1D,3D,6D,7D,10D,11D,16D,17D,20D,21D. The van der Waals surface area contributed by atoms with Crippen molar-refractivity contribution >= 4 is 66.7 Å². The van der Waals surface area contributed by atoms with Crippen LogP contribution in [0.25, 0.3) is 38.3 Å². The van der Waals surface area contributed by atoms with Gasteiger partial charge in [-0.2, -0.15) is 0 Å². The van der Waals surface area contributed by atoms with E-state index in [4.69, 9.17) is 13.7 Å². The fraction of sp³-hybridized carbons (Fsp3) is 0. The molecule has 0 saturated heterocycles. The van der Waals surface area contributed by atoms with E-state index in [2.05, 4.69) is 4.57 Å². The van der Waals surface area contributed by atoms with Crippen LogP contribution in [0, 0.1) is 0 Å². The van der Waals surface area contributed by atoms with E-state index in [1.165, 1.54) is 0 Å². The lowest BCUT2D eigenvalue weighted by molar-refractivity contribution is 1.17. The summed E-state index contributed by atoms with van der Waals surface area (Å²) in [5.41, 5.74) is 4.77. The first-order chi connectivity index (χ1) is 27.5. The van der Waals surface area contributed by atoms with Crippen LogP contribution < -0.4 is 9.80 Å². The summed E-state index contributed by atoms with van der Waals surface area (Å²) in [6.07, 6.45) is 0. The predicted octanol–water partition coefficient (Wildman–Crippen LogP) is 12.3. The van der Waals surface area contributed by atoms with Gasteiger partial charge in [-0.25, -0.2) is 0 Å². The average Bonchev–Trinajstić information content (AvgIpc) is 3.58. The highest BCUT2D eigenvalue weighted by atomic mass is 15.2. The molecule has 0 spiro atoms. The molecule has 0 unspecified atom stereocenters. The van der Waals surface area contributed by atoms with Gasteiger partial charge in [-0.15, -0.1) is 0 Å². The number of rotatable bonds is 7. The van der Waals surface area contributed by atoms with Crippen molar-refractivity contribution in [3.8, 4) is 5.69 Å². The predicted molar refractivity (Wildman–Crippen MR) is 199 cm³/mol. The van der Waals surface area contributed by atoms with E-state index in [-0.39, 0.29) is 35.5 Å². The smallest absolute Gasteiger partial charge is 0.0645 e. The third-order valence-corrected chi connectivity index (χ3v) is 8.42. The Kier molecular flexibility index (Phi) is 4.45. The number of aromatic nitrogens is 1. The van der Waals surface area contributed by atoms with Crippen molar-refractivity contribution in [2.45, 2.75) is 0 Å².